The monoisotopic (exact) mass is 368 g/mol. The summed E-state index contributed by atoms with van der Waals surface area (Å²) in [5.41, 5.74) is 1.09. The molecule has 0 spiro atoms. The number of hydrogen-bond donors (Lipinski definition) is 1. The summed E-state index contributed by atoms with van der Waals surface area (Å²) in [6.45, 7) is 9.84. The van der Waals surface area contributed by atoms with E-state index in [4.69, 9.17) is 9.40 Å². The first-order valence-corrected chi connectivity index (χ1v) is 9.35. The van der Waals surface area contributed by atoms with Gasteiger partial charge in [0, 0.05) is 45.3 Å². The van der Waals surface area contributed by atoms with E-state index in [9.17, 15) is 0 Å². The van der Waals surface area contributed by atoms with Gasteiger partial charge in [0.05, 0.1) is 10.6 Å². The molecule has 2 saturated heterocycles. The normalized spacial score (nSPS) is 22.6. The van der Waals surface area contributed by atoms with E-state index in [-0.39, 0.29) is 12.4 Å². The van der Waals surface area contributed by atoms with Crippen LogP contribution in [0, 0.1) is 6.92 Å². The SMILES string of the molecule is Cc1oc(-c2cccs2)nc1CN1CCN(C2CCNC2)CC1.Cl. The molecule has 0 saturated carbocycles. The fourth-order valence-corrected chi connectivity index (χ4v) is 4.18. The highest BCUT2D eigenvalue weighted by Crippen LogP contribution is 2.26. The van der Waals surface area contributed by atoms with Crippen LogP contribution in [0.2, 0.25) is 0 Å². The number of thiophene rings is 1. The summed E-state index contributed by atoms with van der Waals surface area (Å²) >= 11 is 1.68. The van der Waals surface area contributed by atoms with E-state index in [2.05, 4.69) is 26.6 Å². The highest BCUT2D eigenvalue weighted by molar-refractivity contribution is 7.13. The minimum absolute atomic E-state index is 0. The Labute approximate surface area is 153 Å². The van der Waals surface area contributed by atoms with Crippen molar-refractivity contribution in [3.05, 3.63) is 29.0 Å². The molecule has 2 aliphatic heterocycles. The van der Waals surface area contributed by atoms with Crippen LogP contribution in [0.5, 0.6) is 0 Å². The third-order valence-electron chi connectivity index (χ3n) is 4.96. The van der Waals surface area contributed by atoms with Crippen LogP contribution >= 0.6 is 23.7 Å². The standard InChI is InChI=1S/C17H24N4OS.ClH/c1-13-15(19-17(22-13)16-3-2-10-23-16)12-20-6-8-21(9-7-20)14-4-5-18-11-14;/h2-3,10,14,18H,4-9,11-12H2,1H3;1H. The van der Waals surface area contributed by atoms with Crippen LogP contribution in [0.3, 0.4) is 0 Å². The summed E-state index contributed by atoms with van der Waals surface area (Å²) in [5.74, 6) is 1.72. The zero-order chi connectivity index (χ0) is 15.6. The molecule has 0 amide bonds. The lowest BCUT2D eigenvalue weighted by atomic mass is 10.2. The topological polar surface area (TPSA) is 44.5 Å². The molecule has 2 fully saturated rings. The zero-order valence-corrected chi connectivity index (χ0v) is 15.7. The summed E-state index contributed by atoms with van der Waals surface area (Å²) in [7, 11) is 0. The van der Waals surface area contributed by atoms with Gasteiger partial charge in [0.2, 0.25) is 5.89 Å². The third kappa shape index (κ3) is 3.83. The van der Waals surface area contributed by atoms with Crippen molar-refractivity contribution in [1.82, 2.24) is 20.1 Å². The van der Waals surface area contributed by atoms with E-state index >= 15 is 0 Å². The number of aryl methyl sites for hydroxylation is 1. The summed E-state index contributed by atoms with van der Waals surface area (Å²) in [5, 5.41) is 5.53. The van der Waals surface area contributed by atoms with Gasteiger partial charge in [-0.25, -0.2) is 4.98 Å². The second kappa shape index (κ2) is 7.97. The van der Waals surface area contributed by atoms with Gasteiger partial charge >= 0.3 is 0 Å². The van der Waals surface area contributed by atoms with Crippen LogP contribution in [-0.2, 0) is 6.54 Å². The van der Waals surface area contributed by atoms with Gasteiger partial charge in [0.15, 0.2) is 0 Å². The van der Waals surface area contributed by atoms with E-state index in [1.807, 2.05) is 13.0 Å². The van der Waals surface area contributed by atoms with Gasteiger partial charge < -0.3 is 9.73 Å². The van der Waals surface area contributed by atoms with E-state index in [1.165, 1.54) is 26.1 Å². The first kappa shape index (κ1) is 17.9. The highest BCUT2D eigenvalue weighted by Gasteiger charge is 2.26. The minimum Gasteiger partial charge on any atom is -0.440 e. The molecule has 1 N–H and O–H groups in total. The van der Waals surface area contributed by atoms with Gasteiger partial charge in [-0.15, -0.1) is 23.7 Å². The van der Waals surface area contributed by atoms with Crippen molar-refractivity contribution in [1.29, 1.82) is 0 Å². The number of aromatic nitrogens is 1. The van der Waals surface area contributed by atoms with Crippen LogP contribution in [-0.4, -0.2) is 60.1 Å². The fraction of sp³-hybridized carbons (Fsp3) is 0.588. The van der Waals surface area contributed by atoms with E-state index in [1.54, 1.807) is 11.3 Å². The largest absolute Gasteiger partial charge is 0.440 e. The van der Waals surface area contributed by atoms with Crippen molar-refractivity contribution < 1.29 is 4.42 Å². The van der Waals surface area contributed by atoms with Crippen LogP contribution in [0.4, 0.5) is 0 Å². The maximum atomic E-state index is 5.86. The van der Waals surface area contributed by atoms with Gasteiger partial charge in [-0.2, -0.15) is 0 Å². The number of rotatable bonds is 4. The van der Waals surface area contributed by atoms with E-state index in [0.29, 0.717) is 0 Å². The molecule has 2 aliphatic rings. The summed E-state index contributed by atoms with van der Waals surface area (Å²) in [6.07, 6.45) is 1.30. The molecule has 1 unspecified atom stereocenters. The summed E-state index contributed by atoms with van der Waals surface area (Å²) < 4.78 is 5.86. The molecule has 5 nitrogen and oxygen atoms in total. The molecule has 7 heteroatoms. The molecule has 0 aliphatic carbocycles. The lowest BCUT2D eigenvalue weighted by Gasteiger charge is -2.37. The minimum atomic E-state index is 0. The van der Waals surface area contributed by atoms with Gasteiger partial charge in [0.25, 0.3) is 0 Å². The molecule has 4 heterocycles. The lowest BCUT2D eigenvalue weighted by molar-refractivity contribution is 0.0971. The van der Waals surface area contributed by atoms with Crippen LogP contribution in [0.25, 0.3) is 10.8 Å². The Balaban J connectivity index is 0.00000169. The Morgan fingerprint density at radius 2 is 2.17 bits per heavy atom. The Hall–Kier alpha value is -0.920. The highest BCUT2D eigenvalue weighted by atomic mass is 35.5. The molecule has 0 aromatic carbocycles. The predicted molar refractivity (Wildman–Crippen MR) is 99.9 cm³/mol. The lowest BCUT2D eigenvalue weighted by Crippen LogP contribution is -2.50. The quantitative estimate of drug-likeness (QED) is 0.898. The number of oxazole rings is 1. The number of piperazine rings is 1. The number of nitrogens with zero attached hydrogens (tertiary/aromatic N) is 3. The second-order valence-electron chi connectivity index (χ2n) is 6.46. The molecule has 2 aromatic rings. The van der Waals surface area contributed by atoms with Gasteiger partial charge in [0.1, 0.15) is 5.76 Å². The van der Waals surface area contributed by atoms with Crippen molar-refractivity contribution in [3.63, 3.8) is 0 Å². The summed E-state index contributed by atoms with van der Waals surface area (Å²) in [4.78, 5) is 11.0. The molecular formula is C17H25ClN4OS. The Morgan fingerprint density at radius 3 is 2.83 bits per heavy atom. The Morgan fingerprint density at radius 1 is 1.33 bits per heavy atom. The van der Waals surface area contributed by atoms with Crippen molar-refractivity contribution in [2.45, 2.75) is 25.9 Å². The van der Waals surface area contributed by atoms with Gasteiger partial charge in [-0.05, 0) is 31.3 Å². The fourth-order valence-electron chi connectivity index (χ4n) is 3.53. The second-order valence-corrected chi connectivity index (χ2v) is 7.41. The van der Waals surface area contributed by atoms with Crippen molar-refractivity contribution in [2.24, 2.45) is 0 Å². The molecule has 0 radical (unpaired) electrons. The maximum Gasteiger partial charge on any atom is 0.236 e. The van der Waals surface area contributed by atoms with Crippen LogP contribution < -0.4 is 5.32 Å². The Bertz CT molecular complexity index is 631. The number of hydrogen-bond acceptors (Lipinski definition) is 6. The van der Waals surface area contributed by atoms with Gasteiger partial charge in [-0.3, -0.25) is 9.80 Å². The maximum absolute atomic E-state index is 5.86. The molecule has 132 valence electrons. The third-order valence-corrected chi connectivity index (χ3v) is 5.81. The van der Waals surface area contributed by atoms with Crippen molar-refractivity contribution in [3.8, 4) is 10.8 Å². The number of nitrogens with one attached hydrogen (secondary N) is 1. The average Bonchev–Trinajstić information content (AvgIpc) is 3.30. The van der Waals surface area contributed by atoms with Crippen molar-refractivity contribution >= 4 is 23.7 Å². The van der Waals surface area contributed by atoms with Gasteiger partial charge in [-0.1, -0.05) is 6.07 Å². The van der Waals surface area contributed by atoms with Crippen molar-refractivity contribution in [2.75, 3.05) is 39.3 Å². The number of halogens is 1. The molecule has 1 atom stereocenters. The predicted octanol–water partition coefficient (Wildman–Crippen LogP) is 2.61. The first-order valence-electron chi connectivity index (χ1n) is 8.47. The molecule has 4 rings (SSSR count). The molecular weight excluding hydrogens is 344 g/mol. The Kier molecular flexibility index (Phi) is 5.94. The molecule has 24 heavy (non-hydrogen) atoms. The zero-order valence-electron chi connectivity index (χ0n) is 14.0. The van der Waals surface area contributed by atoms with Crippen LogP contribution in [0.1, 0.15) is 17.9 Å². The first-order chi connectivity index (χ1) is 11.3. The average molecular weight is 369 g/mol. The smallest absolute Gasteiger partial charge is 0.236 e. The van der Waals surface area contributed by atoms with E-state index < -0.39 is 0 Å². The summed E-state index contributed by atoms with van der Waals surface area (Å²) in [6, 6.07) is 4.85. The van der Waals surface area contributed by atoms with Crippen LogP contribution in [0.15, 0.2) is 21.9 Å². The molecule has 2 aromatic heterocycles. The van der Waals surface area contributed by atoms with E-state index in [0.717, 1.165) is 54.4 Å². The molecule has 0 bridgehead atoms.